The van der Waals surface area contributed by atoms with Crippen molar-refractivity contribution in [3.63, 3.8) is 0 Å². The molecule has 0 bridgehead atoms. The zero-order valence-electron chi connectivity index (χ0n) is 11.2. The molecule has 0 unspecified atom stereocenters. The fourth-order valence-electron chi connectivity index (χ4n) is 1.86. The lowest BCUT2D eigenvalue weighted by Gasteiger charge is -2.09. The molecule has 0 aliphatic rings. The van der Waals surface area contributed by atoms with E-state index >= 15 is 0 Å². The van der Waals surface area contributed by atoms with E-state index in [1.807, 2.05) is 13.0 Å². The molecule has 2 aromatic rings. The number of rotatable bonds is 4. The Balaban J connectivity index is 2.24. The van der Waals surface area contributed by atoms with Gasteiger partial charge in [-0.15, -0.1) is 0 Å². The van der Waals surface area contributed by atoms with Crippen LogP contribution in [0.1, 0.15) is 16.7 Å². The minimum Gasteiger partial charge on any atom is -0.489 e. The number of nitriles is 1. The number of nitrogens with zero attached hydrogens (tertiary/aromatic N) is 2. The van der Waals surface area contributed by atoms with Crippen molar-refractivity contribution in [3.8, 4) is 11.8 Å². The summed E-state index contributed by atoms with van der Waals surface area (Å²) in [5, 5.41) is 20.6. The van der Waals surface area contributed by atoms with E-state index in [0.29, 0.717) is 16.3 Å². The SMILES string of the molecule is Cc1cc(OCc2cccc([N+](=O)[O-])c2C#N)ccc1Cl. The van der Waals surface area contributed by atoms with Crippen molar-refractivity contribution in [3.05, 3.63) is 68.2 Å². The molecule has 0 aromatic heterocycles. The largest absolute Gasteiger partial charge is 0.489 e. The van der Waals surface area contributed by atoms with Crippen LogP contribution in [0, 0.1) is 28.4 Å². The van der Waals surface area contributed by atoms with Gasteiger partial charge in [-0.2, -0.15) is 5.26 Å². The fourth-order valence-corrected chi connectivity index (χ4v) is 1.97. The highest BCUT2D eigenvalue weighted by molar-refractivity contribution is 6.31. The lowest BCUT2D eigenvalue weighted by atomic mass is 10.1. The molecule has 0 saturated heterocycles. The second-order valence-electron chi connectivity index (χ2n) is 4.38. The first-order chi connectivity index (χ1) is 10.0. The molecule has 5 nitrogen and oxygen atoms in total. The summed E-state index contributed by atoms with van der Waals surface area (Å²) in [6.07, 6.45) is 0. The van der Waals surface area contributed by atoms with E-state index < -0.39 is 4.92 Å². The molecule has 2 rings (SSSR count). The number of hydrogen-bond donors (Lipinski definition) is 0. The summed E-state index contributed by atoms with van der Waals surface area (Å²) in [4.78, 5) is 10.3. The average molecular weight is 303 g/mol. The van der Waals surface area contributed by atoms with Crippen LogP contribution < -0.4 is 4.74 Å². The zero-order chi connectivity index (χ0) is 15.4. The minimum absolute atomic E-state index is 0.0215. The molecule has 0 fully saturated rings. The van der Waals surface area contributed by atoms with Crippen molar-refractivity contribution < 1.29 is 9.66 Å². The summed E-state index contributed by atoms with van der Waals surface area (Å²) in [5.41, 5.74) is 1.15. The molecular weight excluding hydrogens is 292 g/mol. The molecule has 0 amide bonds. The Bertz CT molecular complexity index is 738. The molecule has 0 N–H and O–H groups in total. The summed E-state index contributed by atoms with van der Waals surface area (Å²) < 4.78 is 5.57. The van der Waals surface area contributed by atoms with Gasteiger partial charge >= 0.3 is 0 Å². The van der Waals surface area contributed by atoms with Gasteiger partial charge in [-0.25, -0.2) is 0 Å². The maximum atomic E-state index is 10.9. The van der Waals surface area contributed by atoms with Crippen LogP contribution in [0.15, 0.2) is 36.4 Å². The van der Waals surface area contributed by atoms with Gasteiger partial charge in [-0.3, -0.25) is 10.1 Å². The van der Waals surface area contributed by atoms with Gasteiger partial charge in [-0.1, -0.05) is 23.7 Å². The number of benzene rings is 2. The molecule has 0 spiro atoms. The van der Waals surface area contributed by atoms with Crippen molar-refractivity contribution in [2.24, 2.45) is 0 Å². The van der Waals surface area contributed by atoms with Gasteiger partial charge in [0, 0.05) is 16.7 Å². The third-order valence-corrected chi connectivity index (χ3v) is 3.39. The second-order valence-corrected chi connectivity index (χ2v) is 4.79. The van der Waals surface area contributed by atoms with Crippen LogP contribution in [0.25, 0.3) is 0 Å². The Hall–Kier alpha value is -2.58. The number of halogens is 1. The minimum atomic E-state index is -0.575. The normalized spacial score (nSPS) is 9.95. The first-order valence-corrected chi connectivity index (χ1v) is 6.46. The van der Waals surface area contributed by atoms with Gasteiger partial charge in [0.05, 0.1) is 4.92 Å². The Labute approximate surface area is 126 Å². The first-order valence-electron chi connectivity index (χ1n) is 6.08. The third kappa shape index (κ3) is 3.30. The molecule has 0 aliphatic heterocycles. The Kier molecular flexibility index (Phi) is 4.41. The number of nitro groups is 1. The van der Waals surface area contributed by atoms with Crippen LogP contribution in [-0.2, 0) is 6.61 Å². The van der Waals surface area contributed by atoms with Gasteiger partial charge in [0.1, 0.15) is 24.0 Å². The predicted octanol–water partition coefficient (Wildman–Crippen LogP) is 4.01. The number of aryl methyl sites for hydroxylation is 1. The highest BCUT2D eigenvalue weighted by Gasteiger charge is 2.17. The number of ether oxygens (including phenoxy) is 1. The molecule has 0 aliphatic carbocycles. The lowest BCUT2D eigenvalue weighted by Crippen LogP contribution is -2.01. The summed E-state index contributed by atoms with van der Waals surface area (Å²) >= 11 is 5.93. The van der Waals surface area contributed by atoms with Crippen molar-refractivity contribution in [2.45, 2.75) is 13.5 Å². The first kappa shape index (κ1) is 14.8. The van der Waals surface area contributed by atoms with Crippen LogP contribution in [0.2, 0.25) is 5.02 Å². The van der Waals surface area contributed by atoms with E-state index in [-0.39, 0.29) is 17.9 Å². The highest BCUT2D eigenvalue weighted by Crippen LogP contribution is 2.25. The average Bonchev–Trinajstić information content (AvgIpc) is 2.47. The fraction of sp³-hybridized carbons (Fsp3) is 0.133. The van der Waals surface area contributed by atoms with Crippen molar-refractivity contribution in [2.75, 3.05) is 0 Å². The molecule has 2 aromatic carbocycles. The molecule has 106 valence electrons. The summed E-state index contributed by atoms with van der Waals surface area (Å²) in [6.45, 7) is 1.93. The molecular formula is C15H11ClN2O3. The maximum absolute atomic E-state index is 10.9. The Morgan fingerprint density at radius 3 is 2.76 bits per heavy atom. The van der Waals surface area contributed by atoms with E-state index in [1.165, 1.54) is 12.1 Å². The van der Waals surface area contributed by atoms with Crippen molar-refractivity contribution in [1.82, 2.24) is 0 Å². The van der Waals surface area contributed by atoms with Crippen LogP contribution in [0.4, 0.5) is 5.69 Å². The van der Waals surface area contributed by atoms with Gasteiger partial charge in [0.2, 0.25) is 0 Å². The standard InChI is InChI=1S/C15H11ClN2O3/c1-10-7-12(5-6-14(10)16)21-9-11-3-2-4-15(18(19)20)13(11)8-17/h2-7H,9H2,1H3. The van der Waals surface area contributed by atoms with E-state index in [0.717, 1.165) is 5.56 Å². The summed E-state index contributed by atoms with van der Waals surface area (Å²) in [7, 11) is 0. The van der Waals surface area contributed by atoms with Gasteiger partial charge in [0.25, 0.3) is 5.69 Å². The number of nitro benzene ring substituents is 1. The quantitative estimate of drug-likeness (QED) is 0.631. The molecule has 0 saturated carbocycles. The van der Waals surface area contributed by atoms with Crippen LogP contribution in [-0.4, -0.2) is 4.92 Å². The van der Waals surface area contributed by atoms with Crippen LogP contribution in [0.5, 0.6) is 5.75 Å². The second kappa shape index (κ2) is 6.25. The van der Waals surface area contributed by atoms with Crippen molar-refractivity contribution >= 4 is 17.3 Å². The summed E-state index contributed by atoms with van der Waals surface area (Å²) in [5.74, 6) is 0.590. The third-order valence-electron chi connectivity index (χ3n) is 2.96. The van der Waals surface area contributed by atoms with E-state index in [9.17, 15) is 10.1 Å². The predicted molar refractivity (Wildman–Crippen MR) is 78.3 cm³/mol. The molecule has 6 heteroatoms. The molecule has 0 atom stereocenters. The van der Waals surface area contributed by atoms with Crippen LogP contribution >= 0.6 is 11.6 Å². The Morgan fingerprint density at radius 2 is 2.14 bits per heavy atom. The maximum Gasteiger partial charge on any atom is 0.287 e. The van der Waals surface area contributed by atoms with Crippen LogP contribution in [0.3, 0.4) is 0 Å². The van der Waals surface area contributed by atoms with E-state index in [1.54, 1.807) is 24.3 Å². The smallest absolute Gasteiger partial charge is 0.287 e. The Morgan fingerprint density at radius 1 is 1.38 bits per heavy atom. The highest BCUT2D eigenvalue weighted by atomic mass is 35.5. The van der Waals surface area contributed by atoms with E-state index in [4.69, 9.17) is 21.6 Å². The van der Waals surface area contributed by atoms with Crippen molar-refractivity contribution in [1.29, 1.82) is 5.26 Å². The van der Waals surface area contributed by atoms with Gasteiger partial charge in [0.15, 0.2) is 0 Å². The molecule has 0 heterocycles. The monoisotopic (exact) mass is 302 g/mol. The number of hydrogen-bond acceptors (Lipinski definition) is 4. The van der Waals surface area contributed by atoms with Gasteiger partial charge in [-0.05, 0) is 30.7 Å². The molecule has 0 radical (unpaired) electrons. The van der Waals surface area contributed by atoms with E-state index in [2.05, 4.69) is 0 Å². The van der Waals surface area contributed by atoms with Gasteiger partial charge < -0.3 is 4.74 Å². The zero-order valence-corrected chi connectivity index (χ0v) is 11.9. The lowest BCUT2D eigenvalue weighted by molar-refractivity contribution is -0.385. The topological polar surface area (TPSA) is 76.2 Å². The summed E-state index contributed by atoms with van der Waals surface area (Å²) in [6, 6.07) is 11.5. The molecule has 21 heavy (non-hydrogen) atoms.